The maximum absolute atomic E-state index is 12.0. The van der Waals surface area contributed by atoms with E-state index in [-0.39, 0.29) is 11.8 Å². The number of likely N-dealkylation sites (N-methyl/N-ethyl adjacent to an activating group) is 2. The van der Waals surface area contributed by atoms with Crippen LogP contribution in [-0.2, 0) is 14.4 Å². The molecule has 0 radical (unpaired) electrons. The van der Waals surface area contributed by atoms with E-state index in [2.05, 4.69) is 5.32 Å². The lowest BCUT2D eigenvalue weighted by atomic mass is 10.0. The van der Waals surface area contributed by atoms with Gasteiger partial charge in [0.15, 0.2) is 0 Å². The number of nitrogens with zero attached hydrogens (tertiary/aromatic N) is 2. The highest BCUT2D eigenvalue weighted by molar-refractivity contribution is 6.00. The van der Waals surface area contributed by atoms with Gasteiger partial charge in [-0.2, -0.15) is 0 Å². The van der Waals surface area contributed by atoms with Gasteiger partial charge in [0, 0.05) is 20.5 Å². The number of piperidine rings is 1. The molecule has 0 saturated carbocycles. The van der Waals surface area contributed by atoms with Crippen LogP contribution in [0.15, 0.2) is 35.7 Å². The number of allylic oxidation sites excluding steroid dienone is 4. The molecule has 6 nitrogen and oxygen atoms in total. The summed E-state index contributed by atoms with van der Waals surface area (Å²) < 4.78 is 0. The number of rotatable bonds is 6. The fraction of sp³-hybridized carbons (Fsp3) is 0.438. The molecule has 0 aliphatic carbocycles. The summed E-state index contributed by atoms with van der Waals surface area (Å²) in [5.41, 5.74) is 1.44. The third-order valence-corrected chi connectivity index (χ3v) is 3.58. The van der Waals surface area contributed by atoms with Crippen LogP contribution in [0.4, 0.5) is 0 Å². The van der Waals surface area contributed by atoms with Gasteiger partial charge in [0.2, 0.25) is 18.2 Å². The Bertz CT molecular complexity index is 535. The lowest BCUT2D eigenvalue weighted by molar-refractivity contribution is -0.136. The molecule has 1 heterocycles. The molecular formula is C16H23N3O3. The summed E-state index contributed by atoms with van der Waals surface area (Å²) in [5.74, 6) is -0.552. The molecule has 6 heteroatoms. The normalized spacial score (nSPS) is 20.1. The second-order valence-corrected chi connectivity index (χ2v) is 5.05. The van der Waals surface area contributed by atoms with Crippen molar-refractivity contribution in [2.45, 2.75) is 32.7 Å². The summed E-state index contributed by atoms with van der Waals surface area (Å²) in [5, 5.41) is 2.35. The quantitative estimate of drug-likeness (QED) is 0.454. The van der Waals surface area contributed by atoms with Crippen molar-refractivity contribution in [3.63, 3.8) is 0 Å². The van der Waals surface area contributed by atoms with E-state index in [1.165, 1.54) is 4.90 Å². The maximum atomic E-state index is 12.0. The summed E-state index contributed by atoms with van der Waals surface area (Å²) in [6.07, 6.45) is 8.84. The standard InChI is InChI=1S/C16H23N3O3/c1-5-7-8-13(18(3)11-20)12(6-2)19(4)14-9-10-15(21)17-16(14)22/h5-8,11,14H,9-10H2,1-4H3,(H,17,21,22)/b7-5-,12-6+,13-8+. The van der Waals surface area contributed by atoms with E-state index in [1.807, 2.05) is 38.2 Å². The van der Waals surface area contributed by atoms with Gasteiger partial charge in [0.25, 0.3) is 0 Å². The highest BCUT2D eigenvalue weighted by Gasteiger charge is 2.31. The fourth-order valence-corrected chi connectivity index (χ4v) is 2.38. The first kappa shape index (κ1) is 17.7. The van der Waals surface area contributed by atoms with Crippen molar-refractivity contribution in [1.29, 1.82) is 0 Å². The van der Waals surface area contributed by atoms with E-state index < -0.39 is 6.04 Å². The predicted octanol–water partition coefficient (Wildman–Crippen LogP) is 1.18. The van der Waals surface area contributed by atoms with Crippen molar-refractivity contribution in [2.24, 2.45) is 0 Å². The zero-order chi connectivity index (χ0) is 16.7. The molecule has 1 aliphatic rings. The first-order valence-electron chi connectivity index (χ1n) is 7.20. The molecule has 0 aromatic rings. The molecule has 3 amide bonds. The number of hydrogen-bond donors (Lipinski definition) is 1. The van der Waals surface area contributed by atoms with Crippen LogP contribution in [0.25, 0.3) is 0 Å². The number of carbonyl (C=O) groups excluding carboxylic acids is 3. The van der Waals surface area contributed by atoms with Gasteiger partial charge in [-0.05, 0) is 26.3 Å². The number of imide groups is 1. The molecule has 0 aromatic carbocycles. The summed E-state index contributed by atoms with van der Waals surface area (Å²) in [6, 6.07) is -0.432. The van der Waals surface area contributed by atoms with Crippen molar-refractivity contribution < 1.29 is 14.4 Å². The molecule has 1 aliphatic heterocycles. The van der Waals surface area contributed by atoms with Crippen LogP contribution in [-0.4, -0.2) is 48.2 Å². The van der Waals surface area contributed by atoms with Crippen molar-refractivity contribution in [2.75, 3.05) is 14.1 Å². The van der Waals surface area contributed by atoms with Gasteiger partial charge in [0.1, 0.15) is 6.04 Å². The number of amides is 3. The lowest BCUT2D eigenvalue weighted by Gasteiger charge is -2.35. The summed E-state index contributed by atoms with van der Waals surface area (Å²) >= 11 is 0. The number of nitrogens with one attached hydrogen (secondary N) is 1. The minimum Gasteiger partial charge on any atom is -0.361 e. The van der Waals surface area contributed by atoms with E-state index in [9.17, 15) is 14.4 Å². The molecular weight excluding hydrogens is 282 g/mol. The Morgan fingerprint density at radius 2 is 1.91 bits per heavy atom. The summed E-state index contributed by atoms with van der Waals surface area (Å²) in [6.45, 7) is 3.73. The van der Waals surface area contributed by atoms with Crippen LogP contribution in [0.1, 0.15) is 26.7 Å². The molecule has 0 bridgehead atoms. The summed E-state index contributed by atoms with van der Waals surface area (Å²) in [7, 11) is 3.45. The fourth-order valence-electron chi connectivity index (χ4n) is 2.38. The first-order valence-corrected chi connectivity index (χ1v) is 7.20. The molecule has 1 fully saturated rings. The van der Waals surface area contributed by atoms with Crippen molar-refractivity contribution in [3.8, 4) is 0 Å². The van der Waals surface area contributed by atoms with Gasteiger partial charge in [-0.1, -0.05) is 18.2 Å². The maximum Gasteiger partial charge on any atom is 0.249 e. The average Bonchev–Trinajstić information content (AvgIpc) is 2.50. The van der Waals surface area contributed by atoms with E-state index in [4.69, 9.17) is 0 Å². The first-order chi connectivity index (χ1) is 10.5. The van der Waals surface area contributed by atoms with E-state index in [0.29, 0.717) is 18.5 Å². The molecule has 120 valence electrons. The van der Waals surface area contributed by atoms with Gasteiger partial charge < -0.3 is 9.80 Å². The Morgan fingerprint density at radius 1 is 1.23 bits per heavy atom. The van der Waals surface area contributed by atoms with E-state index >= 15 is 0 Å². The van der Waals surface area contributed by atoms with E-state index in [1.54, 1.807) is 19.0 Å². The molecule has 0 aromatic heterocycles. The third-order valence-electron chi connectivity index (χ3n) is 3.58. The number of carbonyl (C=O) groups is 3. The van der Waals surface area contributed by atoms with Gasteiger partial charge in [-0.3, -0.25) is 19.7 Å². The average molecular weight is 305 g/mol. The predicted molar refractivity (Wildman–Crippen MR) is 84.4 cm³/mol. The second-order valence-electron chi connectivity index (χ2n) is 5.05. The van der Waals surface area contributed by atoms with Crippen LogP contribution < -0.4 is 5.32 Å². The minimum atomic E-state index is -0.432. The zero-order valence-corrected chi connectivity index (χ0v) is 13.5. The van der Waals surface area contributed by atoms with Crippen molar-refractivity contribution >= 4 is 18.2 Å². The molecule has 1 unspecified atom stereocenters. The Morgan fingerprint density at radius 3 is 2.41 bits per heavy atom. The Balaban J connectivity index is 3.09. The summed E-state index contributed by atoms with van der Waals surface area (Å²) in [4.78, 5) is 37.7. The van der Waals surface area contributed by atoms with Crippen LogP contribution in [0.5, 0.6) is 0 Å². The van der Waals surface area contributed by atoms with Crippen molar-refractivity contribution in [1.82, 2.24) is 15.1 Å². The van der Waals surface area contributed by atoms with E-state index in [0.717, 1.165) is 12.1 Å². The highest BCUT2D eigenvalue weighted by Crippen LogP contribution is 2.22. The van der Waals surface area contributed by atoms with Gasteiger partial charge in [-0.25, -0.2) is 0 Å². The molecule has 1 N–H and O–H groups in total. The highest BCUT2D eigenvalue weighted by atomic mass is 16.2. The second kappa shape index (κ2) is 8.17. The smallest absolute Gasteiger partial charge is 0.249 e. The molecule has 1 saturated heterocycles. The SMILES string of the molecule is C\C=C/C=C(\C(=C/C)N(C)C1CCC(=O)NC1=O)N(C)C=O. The van der Waals surface area contributed by atoms with Crippen LogP contribution in [0.2, 0.25) is 0 Å². The molecule has 1 rings (SSSR count). The largest absolute Gasteiger partial charge is 0.361 e. The van der Waals surface area contributed by atoms with Gasteiger partial charge in [0.05, 0.1) is 11.4 Å². The van der Waals surface area contributed by atoms with Crippen LogP contribution in [0.3, 0.4) is 0 Å². The van der Waals surface area contributed by atoms with Crippen molar-refractivity contribution in [3.05, 3.63) is 35.7 Å². The zero-order valence-electron chi connectivity index (χ0n) is 13.5. The topological polar surface area (TPSA) is 69.7 Å². The third kappa shape index (κ3) is 4.07. The number of hydrogen-bond acceptors (Lipinski definition) is 4. The molecule has 0 spiro atoms. The Labute approximate surface area is 131 Å². The lowest BCUT2D eigenvalue weighted by Crippen LogP contribution is -2.51. The van der Waals surface area contributed by atoms with Gasteiger partial charge >= 0.3 is 0 Å². The van der Waals surface area contributed by atoms with Crippen LogP contribution in [0, 0.1) is 0 Å². The Hall–Kier alpha value is -2.37. The monoisotopic (exact) mass is 305 g/mol. The Kier molecular flexibility index (Phi) is 6.56. The van der Waals surface area contributed by atoms with Crippen LogP contribution >= 0.6 is 0 Å². The molecule has 1 atom stereocenters. The van der Waals surface area contributed by atoms with Gasteiger partial charge in [-0.15, -0.1) is 0 Å². The molecule has 22 heavy (non-hydrogen) atoms. The minimum absolute atomic E-state index is 0.244.